The third kappa shape index (κ3) is 3.21. The second kappa shape index (κ2) is 7.36. The summed E-state index contributed by atoms with van der Waals surface area (Å²) in [7, 11) is 0.750. The molecular formula is C25H21PTi. The Morgan fingerprint density at radius 1 is 0.778 bits per heavy atom. The molecule has 2 aliphatic rings. The van der Waals surface area contributed by atoms with E-state index in [1.807, 2.05) is 0 Å². The fourth-order valence-corrected chi connectivity index (χ4v) is 8.63. The predicted octanol–water partition coefficient (Wildman–Crippen LogP) is 6.33. The van der Waals surface area contributed by atoms with E-state index >= 15 is 0 Å². The first-order valence-electron chi connectivity index (χ1n) is 9.46. The van der Waals surface area contributed by atoms with Crippen LogP contribution in [0.25, 0.3) is 11.4 Å². The Balaban J connectivity index is 1.50. The van der Waals surface area contributed by atoms with E-state index in [2.05, 4.69) is 97.9 Å². The van der Waals surface area contributed by atoms with E-state index in [0.29, 0.717) is 8.45 Å². The Kier molecular flexibility index (Phi) is 4.74. The molecule has 0 heterocycles. The van der Waals surface area contributed by atoms with Crippen molar-refractivity contribution in [3.8, 4) is 0 Å². The van der Waals surface area contributed by atoms with Gasteiger partial charge in [0.2, 0.25) is 0 Å². The third-order valence-corrected chi connectivity index (χ3v) is 10.1. The van der Waals surface area contributed by atoms with Crippen LogP contribution in [0.15, 0.2) is 90.5 Å². The molecule has 0 saturated carbocycles. The van der Waals surface area contributed by atoms with Crippen LogP contribution in [0.5, 0.6) is 0 Å². The van der Waals surface area contributed by atoms with Crippen molar-refractivity contribution in [3.63, 3.8) is 0 Å². The van der Waals surface area contributed by atoms with Gasteiger partial charge in [-0.15, -0.1) is 0 Å². The normalized spacial score (nSPS) is 20.3. The van der Waals surface area contributed by atoms with Crippen molar-refractivity contribution in [2.45, 2.75) is 15.4 Å². The van der Waals surface area contributed by atoms with Crippen LogP contribution in [0.2, 0.25) is 0 Å². The van der Waals surface area contributed by atoms with Crippen LogP contribution in [0.4, 0.5) is 0 Å². The first-order chi connectivity index (χ1) is 13.3. The molecular weight excluding hydrogens is 379 g/mol. The number of hydrogen-bond acceptors (Lipinski definition) is 0. The number of hydrogen-bond donors (Lipinski definition) is 0. The Hall–Kier alpha value is -1.72. The maximum absolute atomic E-state index is 2.46. The zero-order chi connectivity index (χ0) is 18.2. The van der Waals surface area contributed by atoms with Gasteiger partial charge in [-0.3, -0.25) is 0 Å². The summed E-state index contributed by atoms with van der Waals surface area (Å²) in [5.74, 6) is 0. The first kappa shape index (κ1) is 17.4. The first-order valence-corrected chi connectivity index (χ1v) is 12.3. The van der Waals surface area contributed by atoms with Crippen LogP contribution in [0.1, 0.15) is 37.6 Å². The number of allylic oxidation sites excluding steroid dienone is 2. The summed E-state index contributed by atoms with van der Waals surface area (Å²) >= 11 is -0.209. The summed E-state index contributed by atoms with van der Waals surface area (Å²) in [6, 6.07) is 29.0. The van der Waals surface area contributed by atoms with E-state index in [0.717, 1.165) is 8.58 Å². The summed E-state index contributed by atoms with van der Waals surface area (Å²) in [6.45, 7) is 2.39. The zero-order valence-electron chi connectivity index (χ0n) is 15.3. The molecule has 0 nitrogen and oxygen atoms in total. The molecule has 0 aromatic heterocycles. The Morgan fingerprint density at radius 2 is 1.48 bits per heavy atom. The van der Waals surface area contributed by atoms with Gasteiger partial charge in [0.1, 0.15) is 0 Å². The van der Waals surface area contributed by atoms with Gasteiger partial charge in [-0.1, -0.05) is 0 Å². The van der Waals surface area contributed by atoms with E-state index in [9.17, 15) is 0 Å². The quantitative estimate of drug-likeness (QED) is 0.355. The second-order valence-corrected chi connectivity index (χ2v) is 10.9. The fourth-order valence-electron chi connectivity index (χ4n) is 4.19. The van der Waals surface area contributed by atoms with Crippen LogP contribution in [0.3, 0.4) is 0 Å². The average Bonchev–Trinajstić information content (AvgIpc) is 3.24. The molecule has 3 aromatic rings. The Bertz CT molecular complexity index is 1050. The van der Waals surface area contributed by atoms with E-state index in [4.69, 9.17) is 0 Å². The van der Waals surface area contributed by atoms with Crippen molar-refractivity contribution in [2.75, 3.05) is 0 Å². The van der Waals surface area contributed by atoms with Crippen LogP contribution in [-0.4, -0.2) is 0 Å². The molecule has 0 amide bonds. The second-order valence-electron chi connectivity index (χ2n) is 7.20. The molecule has 3 unspecified atom stereocenters. The number of rotatable bonds is 4. The van der Waals surface area contributed by atoms with Crippen molar-refractivity contribution >= 4 is 25.3 Å². The monoisotopic (exact) mass is 400 g/mol. The molecule has 2 aliphatic carbocycles. The molecule has 5 rings (SSSR count). The van der Waals surface area contributed by atoms with Crippen LogP contribution in [0, 0.1) is 0 Å². The number of fused-ring (bicyclic) bond motifs is 2. The van der Waals surface area contributed by atoms with Crippen LogP contribution >= 0.6 is 8.58 Å². The van der Waals surface area contributed by atoms with Gasteiger partial charge in [-0.25, -0.2) is 0 Å². The predicted molar refractivity (Wildman–Crippen MR) is 114 cm³/mol. The van der Waals surface area contributed by atoms with Gasteiger partial charge in [0, 0.05) is 0 Å². The summed E-state index contributed by atoms with van der Waals surface area (Å²) in [4.78, 5) is 0. The molecule has 0 N–H and O–H groups in total. The van der Waals surface area contributed by atoms with Gasteiger partial charge in [-0.05, 0) is 0 Å². The number of benzene rings is 3. The van der Waals surface area contributed by atoms with Crippen molar-refractivity contribution < 1.29 is 19.2 Å². The molecule has 0 saturated heterocycles. The van der Waals surface area contributed by atoms with Crippen LogP contribution < -0.4 is 5.30 Å². The molecule has 3 aromatic carbocycles. The van der Waals surface area contributed by atoms with Crippen molar-refractivity contribution in [1.82, 2.24) is 0 Å². The average molecular weight is 400 g/mol. The summed E-state index contributed by atoms with van der Waals surface area (Å²) in [6.07, 6.45) is 4.79. The van der Waals surface area contributed by atoms with Gasteiger partial charge >= 0.3 is 173 Å². The minimum atomic E-state index is -0.209. The van der Waals surface area contributed by atoms with Crippen molar-refractivity contribution in [2.24, 2.45) is 0 Å². The van der Waals surface area contributed by atoms with Gasteiger partial charge in [0.15, 0.2) is 0 Å². The van der Waals surface area contributed by atoms with Crippen molar-refractivity contribution in [3.05, 3.63) is 113 Å². The van der Waals surface area contributed by atoms with E-state index < -0.39 is 0 Å². The molecule has 0 aliphatic heterocycles. The Labute approximate surface area is 172 Å². The van der Waals surface area contributed by atoms with Gasteiger partial charge in [-0.2, -0.15) is 0 Å². The molecule has 0 fully saturated rings. The summed E-state index contributed by atoms with van der Waals surface area (Å²) in [5.41, 5.74) is 7.66. The fraction of sp³-hybridized carbons (Fsp3) is 0.120. The molecule has 2 heteroatoms. The maximum atomic E-state index is 2.46. The van der Waals surface area contributed by atoms with Gasteiger partial charge in [0.25, 0.3) is 0 Å². The Morgan fingerprint density at radius 3 is 2.33 bits per heavy atom. The van der Waals surface area contributed by atoms with Crippen molar-refractivity contribution in [1.29, 1.82) is 0 Å². The molecule has 130 valence electrons. The molecule has 0 spiro atoms. The molecule has 27 heavy (non-hydrogen) atoms. The van der Waals surface area contributed by atoms with E-state index in [1.165, 1.54) is 16.4 Å². The summed E-state index contributed by atoms with van der Waals surface area (Å²) in [5, 5.41) is 3.02. The topological polar surface area (TPSA) is 0 Å². The molecule has 0 bridgehead atoms. The SMILES string of the molecule is CC1=C(Pc2ccccc2)c2ccccc2[CH]1[Ti][CH]1C=Cc2ccccc21. The van der Waals surface area contributed by atoms with Crippen LogP contribution in [-0.2, 0) is 19.2 Å². The van der Waals surface area contributed by atoms with Gasteiger partial charge < -0.3 is 0 Å². The van der Waals surface area contributed by atoms with Gasteiger partial charge in [0.05, 0.1) is 0 Å². The van der Waals surface area contributed by atoms with E-state index in [1.54, 1.807) is 22.0 Å². The standard InChI is InChI=1S/C16H14P.C9H7.Ti/c1-12-11-13-7-5-6-10-15(13)16(12)17-14-8-3-2-4-9-14;1-2-5-9-7-3-6-8(9)4-1;/h2-11,17H,1H3;1-7H;. The molecule has 0 radical (unpaired) electrons. The third-order valence-electron chi connectivity index (χ3n) is 5.56. The zero-order valence-corrected chi connectivity index (χ0v) is 17.9. The summed E-state index contributed by atoms with van der Waals surface area (Å²) < 4.78 is 1.29. The molecule has 3 atom stereocenters. The van der Waals surface area contributed by atoms with E-state index in [-0.39, 0.29) is 19.2 Å². The minimum absolute atomic E-state index is 0.209.